The predicted octanol–water partition coefficient (Wildman–Crippen LogP) is 1.43. The topological polar surface area (TPSA) is 99.4 Å². The van der Waals surface area contributed by atoms with Gasteiger partial charge in [-0.1, -0.05) is 30.3 Å². The molecule has 9 heteroatoms. The van der Waals surface area contributed by atoms with E-state index in [4.69, 9.17) is 0 Å². The molecule has 2 aromatic carbocycles. The molecule has 2 aliphatic heterocycles. The Hall–Kier alpha value is -3.01. The second-order valence-corrected chi connectivity index (χ2v) is 11.4. The number of quaternary nitrogens is 1. The number of carbonyl (C=O) groups excluding carboxylic acids is 2. The van der Waals surface area contributed by atoms with Gasteiger partial charge >= 0.3 is 0 Å². The van der Waals surface area contributed by atoms with Crippen LogP contribution in [0.15, 0.2) is 65.1 Å². The molecule has 0 unspecified atom stereocenters. The summed E-state index contributed by atoms with van der Waals surface area (Å²) < 4.78 is 25.9. The van der Waals surface area contributed by atoms with Crippen molar-refractivity contribution in [3.63, 3.8) is 0 Å². The number of aliphatic hydroxyl groups is 1. The summed E-state index contributed by atoms with van der Waals surface area (Å²) >= 11 is 0. The van der Waals surface area contributed by atoms with Crippen molar-refractivity contribution in [1.82, 2.24) is 9.21 Å². The number of rotatable bonds is 7. The lowest BCUT2D eigenvalue weighted by Crippen LogP contribution is -3.13. The van der Waals surface area contributed by atoms with E-state index >= 15 is 0 Å². The molecule has 2 fully saturated rings. The van der Waals surface area contributed by atoms with E-state index in [0.29, 0.717) is 6.54 Å². The lowest BCUT2D eigenvalue weighted by atomic mass is 9.95. The maximum Gasteiger partial charge on any atom is 0.295 e. The van der Waals surface area contributed by atoms with Crippen LogP contribution in [0, 0.1) is 0 Å². The molecular formula is C26H32N3O5S+. The number of sulfonamides is 1. The van der Waals surface area contributed by atoms with Crippen molar-refractivity contribution in [3.8, 4) is 0 Å². The third-order valence-corrected chi connectivity index (χ3v) is 8.66. The normalized spacial score (nSPS) is 21.1. The molecule has 2 aromatic rings. The summed E-state index contributed by atoms with van der Waals surface area (Å²) in [6.45, 7) is 3.27. The van der Waals surface area contributed by atoms with Gasteiger partial charge in [0.25, 0.3) is 11.7 Å². The first kappa shape index (κ1) is 25.1. The van der Waals surface area contributed by atoms with Crippen molar-refractivity contribution in [2.45, 2.75) is 30.2 Å². The van der Waals surface area contributed by atoms with E-state index in [1.807, 2.05) is 30.3 Å². The van der Waals surface area contributed by atoms with Crippen LogP contribution in [0.3, 0.4) is 0 Å². The molecule has 0 spiro atoms. The molecule has 186 valence electrons. The summed E-state index contributed by atoms with van der Waals surface area (Å²) in [5, 5.41) is 11.2. The van der Waals surface area contributed by atoms with E-state index in [0.717, 1.165) is 42.3 Å². The molecule has 35 heavy (non-hydrogen) atoms. The molecule has 8 nitrogen and oxygen atoms in total. The first-order chi connectivity index (χ1) is 16.7. The maximum atomic E-state index is 13.2. The number of hydrogen-bond donors (Lipinski definition) is 2. The second kappa shape index (κ2) is 10.3. The minimum absolute atomic E-state index is 0.0260. The molecule has 2 aliphatic rings. The number of piperidine rings is 1. The SMILES string of the molecule is CN(C)S(=O)(=O)c1ccc(C(O)=C2C(=O)C(=O)N(CC[NH+]3CCCCC3)[C@@H]2c2ccccc2)cc1. The average Bonchev–Trinajstić information content (AvgIpc) is 3.13. The number of carbonyl (C=O) groups is 2. The highest BCUT2D eigenvalue weighted by Gasteiger charge is 2.46. The molecule has 0 bridgehead atoms. The zero-order chi connectivity index (χ0) is 25.2. The molecule has 0 radical (unpaired) electrons. The van der Waals surface area contributed by atoms with Crippen molar-refractivity contribution in [2.24, 2.45) is 0 Å². The highest BCUT2D eigenvalue weighted by atomic mass is 32.2. The highest BCUT2D eigenvalue weighted by Crippen LogP contribution is 2.39. The number of amides is 1. The van der Waals surface area contributed by atoms with Crippen LogP contribution in [0.5, 0.6) is 0 Å². The molecule has 0 aromatic heterocycles. The summed E-state index contributed by atoms with van der Waals surface area (Å²) in [4.78, 5) is 29.3. The van der Waals surface area contributed by atoms with Crippen molar-refractivity contribution in [2.75, 3.05) is 40.3 Å². The summed E-state index contributed by atoms with van der Waals surface area (Å²) in [7, 11) is -0.753. The number of nitrogens with zero attached hydrogens (tertiary/aromatic N) is 2. The molecule has 2 heterocycles. The Morgan fingerprint density at radius 1 is 1.00 bits per heavy atom. The maximum absolute atomic E-state index is 13.2. The van der Waals surface area contributed by atoms with Crippen LogP contribution in [-0.4, -0.2) is 74.7 Å². The molecule has 0 saturated carbocycles. The first-order valence-corrected chi connectivity index (χ1v) is 13.4. The van der Waals surface area contributed by atoms with Gasteiger partial charge in [0.2, 0.25) is 10.0 Å². The number of Topliss-reactive ketones (excluding diaryl/α,β-unsaturated/α-hetero) is 1. The van der Waals surface area contributed by atoms with Gasteiger partial charge in [-0.2, -0.15) is 0 Å². The minimum atomic E-state index is -3.63. The van der Waals surface area contributed by atoms with Gasteiger partial charge in [0.15, 0.2) is 0 Å². The van der Waals surface area contributed by atoms with E-state index in [2.05, 4.69) is 0 Å². The van der Waals surface area contributed by atoms with E-state index in [9.17, 15) is 23.1 Å². The van der Waals surface area contributed by atoms with Crippen LogP contribution in [0.2, 0.25) is 0 Å². The fourth-order valence-electron chi connectivity index (χ4n) is 4.82. The summed E-state index contributed by atoms with van der Waals surface area (Å²) in [5.74, 6) is -1.66. The summed E-state index contributed by atoms with van der Waals surface area (Å²) in [5.41, 5.74) is 1.05. The molecule has 4 rings (SSSR count). The van der Waals surface area contributed by atoms with E-state index < -0.39 is 27.8 Å². The smallest absolute Gasteiger partial charge is 0.295 e. The van der Waals surface area contributed by atoms with Crippen LogP contribution >= 0.6 is 0 Å². The van der Waals surface area contributed by atoms with Crippen LogP contribution in [0.1, 0.15) is 36.4 Å². The fraction of sp³-hybridized carbons (Fsp3) is 0.385. The second-order valence-electron chi connectivity index (χ2n) is 9.28. The molecular weight excluding hydrogens is 466 g/mol. The highest BCUT2D eigenvalue weighted by molar-refractivity contribution is 7.89. The molecule has 2 saturated heterocycles. The van der Waals surface area contributed by atoms with Crippen LogP contribution < -0.4 is 4.90 Å². The van der Waals surface area contributed by atoms with Crippen molar-refractivity contribution in [1.29, 1.82) is 0 Å². The molecule has 1 atom stereocenters. The predicted molar refractivity (Wildman–Crippen MR) is 132 cm³/mol. The van der Waals surface area contributed by atoms with Crippen LogP contribution in [-0.2, 0) is 19.6 Å². The number of aliphatic hydroxyl groups excluding tert-OH is 1. The molecule has 2 N–H and O–H groups in total. The molecule has 0 aliphatic carbocycles. The standard InChI is InChI=1S/C26H31N3O5S/c1-27(2)35(33,34)21-13-11-20(12-14-21)24(30)22-23(19-9-5-3-6-10-19)29(26(32)25(22)31)18-17-28-15-7-4-8-16-28/h3,5-6,9-14,23,30H,4,7-8,15-18H2,1-2H3/p+1/t23-/m1/s1. The molecule has 1 amide bonds. The van der Waals surface area contributed by atoms with Gasteiger partial charge in [-0.3, -0.25) is 9.59 Å². The largest absolute Gasteiger partial charge is 0.507 e. The minimum Gasteiger partial charge on any atom is -0.507 e. The van der Waals surface area contributed by atoms with E-state index in [1.54, 1.807) is 4.90 Å². The van der Waals surface area contributed by atoms with Crippen molar-refractivity contribution in [3.05, 3.63) is 71.3 Å². The fourth-order valence-corrected chi connectivity index (χ4v) is 5.73. The number of nitrogens with one attached hydrogen (secondary N) is 1. The van der Waals surface area contributed by atoms with Gasteiger partial charge in [0, 0.05) is 19.7 Å². The third-order valence-electron chi connectivity index (χ3n) is 6.83. The first-order valence-electron chi connectivity index (χ1n) is 11.9. The third kappa shape index (κ3) is 5.03. The van der Waals surface area contributed by atoms with Gasteiger partial charge in [-0.25, -0.2) is 12.7 Å². The Morgan fingerprint density at radius 3 is 2.23 bits per heavy atom. The number of likely N-dealkylation sites (tertiary alicyclic amines) is 2. The summed E-state index contributed by atoms with van der Waals surface area (Å²) in [6, 6.07) is 14.2. The van der Waals surface area contributed by atoms with E-state index in [-0.39, 0.29) is 21.8 Å². The average molecular weight is 499 g/mol. The summed E-state index contributed by atoms with van der Waals surface area (Å²) in [6.07, 6.45) is 3.55. The van der Waals surface area contributed by atoms with Crippen molar-refractivity contribution >= 4 is 27.5 Å². The van der Waals surface area contributed by atoms with Gasteiger partial charge in [-0.15, -0.1) is 0 Å². The quantitative estimate of drug-likeness (QED) is 0.342. The van der Waals surface area contributed by atoms with E-state index in [1.165, 1.54) is 49.7 Å². The van der Waals surface area contributed by atoms with Gasteiger partial charge in [0.05, 0.1) is 42.7 Å². The Bertz CT molecular complexity index is 1220. The number of hydrogen-bond acceptors (Lipinski definition) is 5. The zero-order valence-corrected chi connectivity index (χ0v) is 20.9. The monoisotopic (exact) mass is 498 g/mol. The Balaban J connectivity index is 1.71. The van der Waals surface area contributed by atoms with Crippen LogP contribution in [0.4, 0.5) is 0 Å². The van der Waals surface area contributed by atoms with Gasteiger partial charge < -0.3 is 14.9 Å². The van der Waals surface area contributed by atoms with Crippen molar-refractivity contribution < 1.29 is 28.0 Å². The van der Waals surface area contributed by atoms with Gasteiger partial charge in [-0.05, 0) is 49.1 Å². The van der Waals surface area contributed by atoms with Crippen LogP contribution in [0.25, 0.3) is 5.76 Å². The lowest BCUT2D eigenvalue weighted by Gasteiger charge is -2.29. The lowest BCUT2D eigenvalue weighted by molar-refractivity contribution is -0.904. The number of ketones is 1. The van der Waals surface area contributed by atoms with Gasteiger partial charge in [0.1, 0.15) is 5.76 Å². The Kier molecular flexibility index (Phi) is 7.39. The Morgan fingerprint density at radius 2 is 1.63 bits per heavy atom. The number of benzene rings is 2. The zero-order valence-electron chi connectivity index (χ0n) is 20.1. The Labute approximate surface area is 206 Å².